The van der Waals surface area contributed by atoms with E-state index in [0.29, 0.717) is 27.0 Å². The second kappa shape index (κ2) is 7.40. The molecule has 0 spiro atoms. The van der Waals surface area contributed by atoms with Crippen LogP contribution in [-0.2, 0) is 11.8 Å². The van der Waals surface area contributed by atoms with Gasteiger partial charge in [-0.25, -0.2) is 4.98 Å². The standard InChI is InChI=1S/C25H21Cl2N3O/c1-25(2)11-10-14-12-16(7-8-17(14)25)28-24(31)15-6-9-20-21(13-15)30-23(29-20)22-18(26)4-3-5-19(22)27/h3-9,12-13H,10-11H2,1-2H3,(H,28,31)(H,29,30). The van der Waals surface area contributed by atoms with Gasteiger partial charge in [-0.15, -0.1) is 0 Å². The van der Waals surface area contributed by atoms with Gasteiger partial charge in [-0.3, -0.25) is 4.79 Å². The summed E-state index contributed by atoms with van der Waals surface area (Å²) in [7, 11) is 0. The third-order valence-corrected chi connectivity index (χ3v) is 6.69. The number of carbonyl (C=O) groups is 1. The Bertz CT molecular complexity index is 1320. The van der Waals surface area contributed by atoms with E-state index >= 15 is 0 Å². The van der Waals surface area contributed by atoms with E-state index in [9.17, 15) is 4.79 Å². The van der Waals surface area contributed by atoms with Crippen molar-refractivity contribution in [2.24, 2.45) is 0 Å². The van der Waals surface area contributed by atoms with Gasteiger partial charge in [-0.1, -0.05) is 49.2 Å². The van der Waals surface area contributed by atoms with Crippen LogP contribution in [0.1, 0.15) is 41.8 Å². The summed E-state index contributed by atoms with van der Waals surface area (Å²) in [4.78, 5) is 20.7. The average molecular weight is 450 g/mol. The second-order valence-corrected chi connectivity index (χ2v) is 9.44. The number of carbonyl (C=O) groups excluding carboxylic acids is 1. The first kappa shape index (κ1) is 20.1. The maximum atomic E-state index is 12.9. The summed E-state index contributed by atoms with van der Waals surface area (Å²) >= 11 is 12.6. The van der Waals surface area contributed by atoms with Gasteiger partial charge in [0.1, 0.15) is 5.82 Å². The van der Waals surface area contributed by atoms with Crippen LogP contribution < -0.4 is 5.32 Å². The molecule has 5 rings (SSSR count). The SMILES string of the molecule is CC1(C)CCc2cc(NC(=O)c3ccc4nc(-c5c(Cl)cccc5Cl)[nH]c4c3)ccc21. The van der Waals surface area contributed by atoms with Crippen molar-refractivity contribution in [3.8, 4) is 11.4 Å². The molecule has 1 heterocycles. The molecule has 156 valence electrons. The van der Waals surface area contributed by atoms with Gasteiger partial charge in [0.25, 0.3) is 5.91 Å². The van der Waals surface area contributed by atoms with Gasteiger partial charge in [0.15, 0.2) is 0 Å². The smallest absolute Gasteiger partial charge is 0.255 e. The van der Waals surface area contributed by atoms with Crippen molar-refractivity contribution in [1.29, 1.82) is 0 Å². The Morgan fingerprint density at radius 3 is 2.61 bits per heavy atom. The van der Waals surface area contributed by atoms with E-state index in [1.807, 2.05) is 12.1 Å². The third-order valence-electron chi connectivity index (χ3n) is 6.06. The Balaban J connectivity index is 1.43. The highest BCUT2D eigenvalue weighted by atomic mass is 35.5. The molecule has 0 unspecified atom stereocenters. The van der Waals surface area contributed by atoms with E-state index in [4.69, 9.17) is 23.2 Å². The predicted octanol–water partition coefficient (Wildman–Crippen LogP) is 7.01. The molecule has 1 amide bonds. The molecule has 2 N–H and O–H groups in total. The molecule has 0 fully saturated rings. The van der Waals surface area contributed by atoms with E-state index in [0.717, 1.165) is 29.6 Å². The summed E-state index contributed by atoms with van der Waals surface area (Å²) in [6.45, 7) is 4.53. The zero-order valence-electron chi connectivity index (χ0n) is 17.2. The summed E-state index contributed by atoms with van der Waals surface area (Å²) < 4.78 is 0. The Kier molecular flexibility index (Phi) is 4.80. The molecule has 0 saturated heterocycles. The van der Waals surface area contributed by atoms with Gasteiger partial charge in [0.2, 0.25) is 0 Å². The summed E-state index contributed by atoms with van der Waals surface area (Å²) in [6, 6.07) is 16.9. The summed E-state index contributed by atoms with van der Waals surface area (Å²) in [5.41, 5.74) is 6.38. The fourth-order valence-electron chi connectivity index (χ4n) is 4.32. The lowest BCUT2D eigenvalue weighted by Crippen LogP contribution is -2.13. The lowest BCUT2D eigenvalue weighted by molar-refractivity contribution is 0.102. The zero-order valence-corrected chi connectivity index (χ0v) is 18.7. The fraction of sp³-hybridized carbons (Fsp3) is 0.200. The van der Waals surface area contributed by atoms with Crippen molar-refractivity contribution < 1.29 is 4.79 Å². The van der Waals surface area contributed by atoms with Crippen LogP contribution in [0.25, 0.3) is 22.4 Å². The average Bonchev–Trinajstić information content (AvgIpc) is 3.27. The number of amides is 1. The predicted molar refractivity (Wildman–Crippen MR) is 127 cm³/mol. The first-order valence-corrected chi connectivity index (χ1v) is 11.0. The molecular weight excluding hydrogens is 429 g/mol. The van der Waals surface area contributed by atoms with Crippen molar-refractivity contribution in [2.45, 2.75) is 32.1 Å². The molecule has 0 aliphatic heterocycles. The monoisotopic (exact) mass is 449 g/mol. The van der Waals surface area contributed by atoms with Crippen LogP contribution in [0, 0.1) is 0 Å². The van der Waals surface area contributed by atoms with Crippen molar-refractivity contribution in [3.05, 3.63) is 81.3 Å². The number of hydrogen-bond acceptors (Lipinski definition) is 2. The van der Waals surface area contributed by atoms with E-state index in [1.54, 1.807) is 30.3 Å². The van der Waals surface area contributed by atoms with E-state index in [2.05, 4.69) is 41.3 Å². The van der Waals surface area contributed by atoms with Crippen LogP contribution in [0.3, 0.4) is 0 Å². The molecule has 31 heavy (non-hydrogen) atoms. The Morgan fingerprint density at radius 2 is 1.84 bits per heavy atom. The molecule has 4 nitrogen and oxygen atoms in total. The van der Waals surface area contributed by atoms with Crippen LogP contribution in [-0.4, -0.2) is 15.9 Å². The number of aromatic amines is 1. The zero-order chi connectivity index (χ0) is 21.8. The highest BCUT2D eigenvalue weighted by Gasteiger charge is 2.29. The maximum Gasteiger partial charge on any atom is 0.255 e. The molecule has 1 aliphatic carbocycles. The molecule has 0 radical (unpaired) electrons. The first-order valence-electron chi connectivity index (χ1n) is 10.2. The number of halogens is 2. The minimum Gasteiger partial charge on any atom is -0.338 e. The number of H-pyrrole nitrogens is 1. The minimum atomic E-state index is -0.161. The van der Waals surface area contributed by atoms with Gasteiger partial charge in [-0.05, 0) is 71.8 Å². The topological polar surface area (TPSA) is 57.8 Å². The molecule has 1 aliphatic rings. The van der Waals surface area contributed by atoms with Crippen LogP contribution in [0.5, 0.6) is 0 Å². The van der Waals surface area contributed by atoms with Gasteiger partial charge in [0, 0.05) is 11.3 Å². The quantitative estimate of drug-likeness (QED) is 0.353. The highest BCUT2D eigenvalue weighted by molar-refractivity contribution is 6.39. The van der Waals surface area contributed by atoms with Crippen LogP contribution >= 0.6 is 23.2 Å². The molecule has 3 aromatic carbocycles. The van der Waals surface area contributed by atoms with Gasteiger partial charge in [0.05, 0.1) is 26.6 Å². The fourth-order valence-corrected chi connectivity index (χ4v) is 4.89. The third kappa shape index (κ3) is 3.60. The molecule has 6 heteroatoms. The molecular formula is C25H21Cl2N3O. The largest absolute Gasteiger partial charge is 0.338 e. The number of aryl methyl sites for hydroxylation is 1. The number of fused-ring (bicyclic) bond motifs is 2. The molecule has 0 saturated carbocycles. The van der Waals surface area contributed by atoms with Crippen molar-refractivity contribution in [1.82, 2.24) is 9.97 Å². The number of imidazole rings is 1. The van der Waals surface area contributed by atoms with Crippen molar-refractivity contribution in [2.75, 3.05) is 5.32 Å². The maximum absolute atomic E-state index is 12.9. The van der Waals surface area contributed by atoms with E-state index in [1.165, 1.54) is 11.1 Å². The molecule has 4 aromatic rings. The van der Waals surface area contributed by atoms with Crippen molar-refractivity contribution in [3.63, 3.8) is 0 Å². The number of nitrogens with zero attached hydrogens (tertiary/aromatic N) is 1. The van der Waals surface area contributed by atoms with Crippen LogP contribution in [0.15, 0.2) is 54.6 Å². The van der Waals surface area contributed by atoms with E-state index in [-0.39, 0.29) is 11.3 Å². The summed E-state index contributed by atoms with van der Waals surface area (Å²) in [5.74, 6) is 0.412. The number of rotatable bonds is 3. The highest BCUT2D eigenvalue weighted by Crippen LogP contribution is 2.39. The van der Waals surface area contributed by atoms with E-state index < -0.39 is 0 Å². The lowest BCUT2D eigenvalue weighted by Gasteiger charge is -2.19. The Labute approximate surface area is 190 Å². The molecule has 1 aromatic heterocycles. The number of nitrogens with one attached hydrogen (secondary N) is 2. The molecule has 0 atom stereocenters. The number of hydrogen-bond donors (Lipinski definition) is 2. The summed E-state index contributed by atoms with van der Waals surface area (Å²) in [5, 5.41) is 4.06. The number of aromatic nitrogens is 2. The van der Waals surface area contributed by atoms with Gasteiger partial charge < -0.3 is 10.3 Å². The Morgan fingerprint density at radius 1 is 1.06 bits per heavy atom. The summed E-state index contributed by atoms with van der Waals surface area (Å²) in [6.07, 6.45) is 2.17. The van der Waals surface area contributed by atoms with Crippen LogP contribution in [0.2, 0.25) is 10.0 Å². The van der Waals surface area contributed by atoms with Gasteiger partial charge in [-0.2, -0.15) is 0 Å². The van der Waals surface area contributed by atoms with Crippen molar-refractivity contribution >= 4 is 45.8 Å². The number of benzene rings is 3. The Hall–Kier alpha value is -2.82. The first-order chi connectivity index (χ1) is 14.8. The molecule has 0 bridgehead atoms. The minimum absolute atomic E-state index is 0.161. The number of anilines is 1. The van der Waals surface area contributed by atoms with Crippen LogP contribution in [0.4, 0.5) is 5.69 Å². The van der Waals surface area contributed by atoms with Gasteiger partial charge >= 0.3 is 0 Å². The second-order valence-electron chi connectivity index (χ2n) is 8.62. The lowest BCUT2D eigenvalue weighted by atomic mass is 9.86. The normalized spacial score (nSPS) is 14.6.